The molecule has 2 saturated heterocycles. The van der Waals surface area contributed by atoms with Crippen LogP contribution in [0.5, 0.6) is 5.75 Å². The number of hydrogen-bond donors (Lipinski definition) is 2. The molecule has 4 amide bonds. The number of nitrogens with zero attached hydrogens (tertiary/aromatic N) is 3. The molecule has 2 aliphatic heterocycles. The van der Waals surface area contributed by atoms with Crippen molar-refractivity contribution in [2.75, 3.05) is 10.3 Å². The van der Waals surface area contributed by atoms with Gasteiger partial charge in [0, 0.05) is 22.2 Å². The van der Waals surface area contributed by atoms with Crippen molar-refractivity contribution in [1.82, 2.24) is 9.99 Å². The predicted molar refractivity (Wildman–Crippen MR) is 194 cm³/mol. The van der Waals surface area contributed by atoms with Crippen molar-refractivity contribution in [3.05, 3.63) is 128 Å². The lowest BCUT2D eigenvalue weighted by Crippen LogP contribution is -2.53. The molecule has 3 fully saturated rings. The van der Waals surface area contributed by atoms with Crippen LogP contribution in [-0.2, 0) is 30.8 Å². The molecule has 3 aromatic carbocycles. The summed E-state index contributed by atoms with van der Waals surface area (Å²) < 4.78 is 40.3. The zero-order valence-electron chi connectivity index (χ0n) is 28.1. The number of phenols is 1. The van der Waals surface area contributed by atoms with Crippen molar-refractivity contribution < 1.29 is 37.5 Å². The fourth-order valence-electron chi connectivity index (χ4n) is 8.80. The van der Waals surface area contributed by atoms with Gasteiger partial charge in [-0.3, -0.25) is 24.6 Å². The largest absolute Gasteiger partial charge is 0.508 e. The minimum atomic E-state index is -4.75. The van der Waals surface area contributed by atoms with Gasteiger partial charge in [0.1, 0.15) is 5.75 Å². The Morgan fingerprint density at radius 2 is 1.57 bits per heavy atom. The number of pyridine rings is 1. The number of hydrogen-bond acceptors (Lipinski definition) is 7. The van der Waals surface area contributed by atoms with E-state index >= 15 is 4.79 Å². The molecular weight excluding hydrogens is 768 g/mol. The number of hydrazine groups is 1. The lowest BCUT2D eigenvalue weighted by atomic mass is 9.49. The number of nitrogens with one attached hydrogen (secondary N) is 1. The van der Waals surface area contributed by atoms with Crippen molar-refractivity contribution in [3.63, 3.8) is 0 Å². The van der Waals surface area contributed by atoms with Crippen LogP contribution in [0.3, 0.4) is 0 Å². The lowest BCUT2D eigenvalue weighted by molar-refractivity contribution is -0.139. The van der Waals surface area contributed by atoms with Gasteiger partial charge in [0.2, 0.25) is 11.8 Å². The van der Waals surface area contributed by atoms with Gasteiger partial charge in [-0.25, -0.2) is 9.88 Å². The molecule has 3 heterocycles. The van der Waals surface area contributed by atoms with Gasteiger partial charge >= 0.3 is 6.18 Å². The number of fused-ring (bicyclic) bond motifs is 4. The van der Waals surface area contributed by atoms with Crippen LogP contribution in [0.15, 0.2) is 90.6 Å². The van der Waals surface area contributed by atoms with Gasteiger partial charge in [0.25, 0.3) is 11.8 Å². The van der Waals surface area contributed by atoms with Crippen molar-refractivity contribution >= 4 is 69.9 Å². The van der Waals surface area contributed by atoms with Crippen molar-refractivity contribution in [1.29, 1.82) is 0 Å². The van der Waals surface area contributed by atoms with Crippen LogP contribution in [0.25, 0.3) is 0 Å². The zero-order chi connectivity index (χ0) is 38.4. The third-order valence-corrected chi connectivity index (χ3v) is 12.1. The molecule has 1 aromatic heterocycles. The number of carbonyl (C=O) groups excluding carboxylic acids is 4. The number of rotatable bonds is 5. The smallest absolute Gasteiger partial charge is 0.417 e. The summed E-state index contributed by atoms with van der Waals surface area (Å²) in [5.74, 6) is -7.21. The molecule has 4 aliphatic rings. The number of anilines is 2. The molecule has 4 aromatic rings. The minimum Gasteiger partial charge on any atom is -0.508 e. The third kappa shape index (κ3) is 5.40. The molecule has 6 atom stereocenters. The second-order valence-electron chi connectivity index (χ2n) is 14.0. The highest BCUT2D eigenvalue weighted by molar-refractivity contribution is 6.33. The summed E-state index contributed by atoms with van der Waals surface area (Å²) in [5.41, 5.74) is 2.48. The quantitative estimate of drug-likeness (QED) is 0.154. The fraction of sp³-hybridized carbons (Fsp3) is 0.256. The highest BCUT2D eigenvalue weighted by Crippen LogP contribution is 2.64. The number of halogens is 6. The van der Waals surface area contributed by atoms with Gasteiger partial charge in [-0.2, -0.15) is 18.2 Å². The Hall–Kier alpha value is -4.91. The highest BCUT2D eigenvalue weighted by atomic mass is 35.5. The molecule has 276 valence electrons. The number of benzene rings is 3. The molecule has 0 unspecified atom stereocenters. The molecule has 15 heteroatoms. The first-order valence-corrected chi connectivity index (χ1v) is 18.0. The Morgan fingerprint density at radius 3 is 2.22 bits per heavy atom. The number of aromatic hydroxyl groups is 1. The molecule has 0 radical (unpaired) electrons. The first kappa shape index (κ1) is 36.1. The Kier molecular flexibility index (Phi) is 8.59. The molecule has 9 nitrogen and oxygen atoms in total. The predicted octanol–water partition coefficient (Wildman–Crippen LogP) is 8.26. The van der Waals surface area contributed by atoms with Gasteiger partial charge in [-0.05, 0) is 84.8 Å². The van der Waals surface area contributed by atoms with Crippen LogP contribution < -0.4 is 10.3 Å². The summed E-state index contributed by atoms with van der Waals surface area (Å²) in [7, 11) is 0. The number of aromatic nitrogens is 1. The molecule has 2 aliphatic carbocycles. The molecule has 54 heavy (non-hydrogen) atoms. The van der Waals surface area contributed by atoms with E-state index in [2.05, 4.69) is 10.4 Å². The zero-order valence-corrected chi connectivity index (χ0v) is 30.3. The topological polar surface area (TPSA) is 120 Å². The van der Waals surface area contributed by atoms with Crippen LogP contribution in [0.1, 0.15) is 41.0 Å². The molecule has 8 rings (SSSR count). The molecule has 0 spiro atoms. The molecule has 0 bridgehead atoms. The van der Waals surface area contributed by atoms with Crippen LogP contribution in [0.4, 0.5) is 24.7 Å². The van der Waals surface area contributed by atoms with E-state index in [1.807, 2.05) is 6.08 Å². The van der Waals surface area contributed by atoms with Crippen LogP contribution >= 0.6 is 34.8 Å². The van der Waals surface area contributed by atoms with Gasteiger partial charge in [0.05, 0.1) is 39.4 Å². The van der Waals surface area contributed by atoms with E-state index in [4.69, 9.17) is 34.8 Å². The number of phenolic OH excluding ortho intramolecular Hbond substituents is 1. The maximum Gasteiger partial charge on any atom is 0.417 e. The number of amides is 4. The maximum atomic E-state index is 15.2. The van der Waals surface area contributed by atoms with Crippen LogP contribution in [0.2, 0.25) is 15.1 Å². The summed E-state index contributed by atoms with van der Waals surface area (Å²) in [4.78, 5) is 63.4. The third-order valence-electron chi connectivity index (χ3n) is 11.2. The monoisotopic (exact) mass is 794 g/mol. The fourth-order valence-corrected chi connectivity index (χ4v) is 9.31. The normalized spacial score (nSPS) is 26.4. The van der Waals surface area contributed by atoms with E-state index < -0.39 is 75.4 Å². The average molecular weight is 796 g/mol. The Morgan fingerprint density at radius 1 is 0.870 bits per heavy atom. The maximum absolute atomic E-state index is 15.2. The summed E-state index contributed by atoms with van der Waals surface area (Å²) in [6.07, 6.45) is -2.21. The molecule has 1 saturated carbocycles. The van der Waals surface area contributed by atoms with Gasteiger partial charge < -0.3 is 5.11 Å². The number of carbonyl (C=O) groups is 4. The van der Waals surface area contributed by atoms with Gasteiger partial charge in [0.15, 0.2) is 5.82 Å². The van der Waals surface area contributed by atoms with Gasteiger partial charge in [-0.15, -0.1) is 0 Å². The standard InChI is InChI=1S/C39H28Cl3F3N4O5/c1-18-2-9-23(15-29(18)41)48-34(51)26-13-12-25-27(31(26)36(48)53)16-28-35(52)49(47-33-30(42)14-21(17-46-33)39(43,44)45)37(54)38(28,20-5-7-22(40)8-6-20)32(25)19-3-10-24(50)11-4-19/h2-12,14-15,17,26-28,31-32,50H,13,16H2,1H3,(H,46,47)/t26-,27+,28-,31-,32-,38+/m0/s1. The Bertz CT molecular complexity index is 2300. The van der Waals surface area contributed by atoms with Gasteiger partial charge in [-0.1, -0.05) is 76.8 Å². The van der Waals surface area contributed by atoms with Crippen molar-refractivity contribution in [2.24, 2.45) is 23.7 Å². The van der Waals surface area contributed by atoms with Crippen LogP contribution in [-0.4, -0.2) is 38.7 Å². The molecule has 2 N–H and O–H groups in total. The van der Waals surface area contributed by atoms with E-state index in [9.17, 15) is 32.7 Å². The summed E-state index contributed by atoms with van der Waals surface area (Å²) in [6, 6.07) is 18.2. The first-order valence-electron chi connectivity index (χ1n) is 16.9. The minimum absolute atomic E-state index is 0.0390. The van der Waals surface area contributed by atoms with E-state index in [0.717, 1.165) is 15.5 Å². The second-order valence-corrected chi connectivity index (χ2v) is 15.2. The van der Waals surface area contributed by atoms with Crippen LogP contribution in [0, 0.1) is 30.6 Å². The Balaban J connectivity index is 1.29. The summed E-state index contributed by atoms with van der Waals surface area (Å²) in [6.45, 7) is 1.80. The molecular formula is C39H28Cl3F3N4O5. The van der Waals surface area contributed by atoms with E-state index in [-0.39, 0.29) is 24.4 Å². The SMILES string of the molecule is Cc1ccc(N2C(=O)[C@H]3[C@H](CC=C4[C@H]3C[C@H]3C(=O)N(Nc5ncc(C(F)(F)F)cc5Cl)C(=O)[C@@]3(c3ccc(Cl)cc3)[C@H]4c3ccc(O)cc3)C2=O)cc1Cl. The summed E-state index contributed by atoms with van der Waals surface area (Å²) in [5, 5.41) is 11.3. The van der Waals surface area contributed by atoms with E-state index in [0.29, 0.717) is 44.7 Å². The number of aryl methyl sites for hydroxylation is 1. The summed E-state index contributed by atoms with van der Waals surface area (Å²) >= 11 is 19.0. The lowest BCUT2D eigenvalue weighted by Gasteiger charge is -2.50. The van der Waals surface area contributed by atoms with E-state index in [1.54, 1.807) is 61.5 Å². The second kappa shape index (κ2) is 12.9. The highest BCUT2D eigenvalue weighted by Gasteiger charge is 2.70. The van der Waals surface area contributed by atoms with E-state index in [1.165, 1.54) is 12.1 Å². The number of allylic oxidation sites excluding steroid dienone is 2. The van der Waals surface area contributed by atoms with Crippen molar-refractivity contribution in [2.45, 2.75) is 37.3 Å². The average Bonchev–Trinajstić information content (AvgIpc) is 3.51. The number of alkyl halides is 3. The van der Waals surface area contributed by atoms with Crippen molar-refractivity contribution in [3.8, 4) is 5.75 Å². The Labute approximate surface area is 321 Å². The first-order chi connectivity index (χ1) is 25.6. The number of imide groups is 2.